The first kappa shape index (κ1) is 14.6. The number of nitrogens with one attached hydrogen (secondary N) is 2. The van der Waals surface area contributed by atoms with Crippen molar-refractivity contribution < 1.29 is 8.42 Å². The van der Waals surface area contributed by atoms with Crippen molar-refractivity contribution in [2.75, 3.05) is 18.3 Å². The first-order valence-corrected chi connectivity index (χ1v) is 7.29. The zero-order valence-electron chi connectivity index (χ0n) is 9.50. The molecule has 0 aliphatic rings. The van der Waals surface area contributed by atoms with E-state index in [1.54, 1.807) is 32.2 Å². The molecular weight excluding hydrogens is 283 g/mol. The molecule has 7 heteroatoms. The Bertz CT molecular complexity index is 471. The third-order valence-electron chi connectivity index (χ3n) is 2.23. The Labute approximate surface area is 111 Å². The summed E-state index contributed by atoms with van der Waals surface area (Å²) >= 11 is 11.8. The second kappa shape index (κ2) is 5.91. The molecule has 1 unspecified atom stereocenters. The van der Waals surface area contributed by atoms with Crippen molar-refractivity contribution in [1.82, 2.24) is 5.32 Å². The summed E-state index contributed by atoms with van der Waals surface area (Å²) in [4.78, 5) is 0. The maximum Gasteiger partial charge on any atom is 0.236 e. The molecule has 2 N–H and O–H groups in total. The van der Waals surface area contributed by atoms with Crippen molar-refractivity contribution >= 4 is 38.9 Å². The summed E-state index contributed by atoms with van der Waals surface area (Å²) in [6, 6.07) is 4.81. The number of benzene rings is 1. The minimum Gasteiger partial charge on any atom is -0.318 e. The SMILES string of the molecule is CNCC(C)S(=O)(=O)Nc1c(Cl)cccc1Cl. The van der Waals surface area contributed by atoms with E-state index in [0.29, 0.717) is 6.54 Å². The van der Waals surface area contributed by atoms with Gasteiger partial charge in [-0.05, 0) is 26.1 Å². The molecule has 1 atom stereocenters. The molecule has 0 radical (unpaired) electrons. The molecule has 0 heterocycles. The molecule has 4 nitrogen and oxygen atoms in total. The number of halogens is 2. The van der Waals surface area contributed by atoms with E-state index in [9.17, 15) is 8.42 Å². The molecule has 1 aromatic carbocycles. The molecular formula is C10H14Cl2N2O2S. The van der Waals surface area contributed by atoms with Gasteiger partial charge in [-0.25, -0.2) is 8.42 Å². The molecule has 96 valence electrons. The van der Waals surface area contributed by atoms with E-state index < -0.39 is 15.3 Å². The van der Waals surface area contributed by atoms with Crippen molar-refractivity contribution in [2.24, 2.45) is 0 Å². The molecule has 0 saturated heterocycles. The standard InChI is InChI=1S/C10H14Cl2N2O2S/c1-7(6-13-2)17(15,16)14-10-8(11)4-3-5-9(10)12/h3-5,7,13-14H,6H2,1-2H3. The Hall–Kier alpha value is -0.490. The highest BCUT2D eigenvalue weighted by Gasteiger charge is 2.21. The van der Waals surface area contributed by atoms with Gasteiger partial charge in [0, 0.05) is 6.54 Å². The highest BCUT2D eigenvalue weighted by atomic mass is 35.5. The largest absolute Gasteiger partial charge is 0.318 e. The Balaban J connectivity index is 2.98. The molecule has 0 saturated carbocycles. The van der Waals surface area contributed by atoms with E-state index in [2.05, 4.69) is 10.0 Å². The number of sulfonamides is 1. The van der Waals surface area contributed by atoms with Crippen LogP contribution in [0.15, 0.2) is 18.2 Å². The monoisotopic (exact) mass is 296 g/mol. The highest BCUT2D eigenvalue weighted by molar-refractivity contribution is 7.93. The number of anilines is 1. The Kier molecular flexibility index (Phi) is 5.06. The van der Waals surface area contributed by atoms with E-state index in [4.69, 9.17) is 23.2 Å². The van der Waals surface area contributed by atoms with Gasteiger partial charge in [-0.2, -0.15) is 0 Å². The smallest absolute Gasteiger partial charge is 0.236 e. The second-order valence-electron chi connectivity index (χ2n) is 3.61. The summed E-state index contributed by atoms with van der Waals surface area (Å²) < 4.78 is 26.3. The number of rotatable bonds is 5. The van der Waals surface area contributed by atoms with Crippen molar-refractivity contribution in [3.63, 3.8) is 0 Å². The first-order valence-electron chi connectivity index (χ1n) is 4.98. The van der Waals surface area contributed by atoms with Crippen LogP contribution in [0, 0.1) is 0 Å². The summed E-state index contributed by atoms with van der Waals surface area (Å²) in [5, 5.41) is 2.77. The van der Waals surface area contributed by atoms with Gasteiger partial charge in [-0.15, -0.1) is 0 Å². The number of hydrogen-bond donors (Lipinski definition) is 2. The van der Waals surface area contributed by atoms with Crippen LogP contribution in [0.1, 0.15) is 6.92 Å². The summed E-state index contributed by atoms with van der Waals surface area (Å²) in [6.07, 6.45) is 0. The van der Waals surface area contributed by atoms with Crippen LogP contribution >= 0.6 is 23.2 Å². The van der Waals surface area contributed by atoms with Gasteiger partial charge in [-0.1, -0.05) is 29.3 Å². The van der Waals surface area contributed by atoms with Crippen LogP contribution in [0.25, 0.3) is 0 Å². The number of para-hydroxylation sites is 1. The zero-order chi connectivity index (χ0) is 13.1. The molecule has 1 rings (SSSR count). The minimum absolute atomic E-state index is 0.221. The van der Waals surface area contributed by atoms with E-state index >= 15 is 0 Å². The fourth-order valence-corrected chi connectivity index (χ4v) is 2.93. The van der Waals surface area contributed by atoms with Gasteiger partial charge in [0.2, 0.25) is 10.0 Å². The number of hydrogen-bond acceptors (Lipinski definition) is 3. The summed E-state index contributed by atoms with van der Waals surface area (Å²) in [7, 11) is -1.81. The molecule has 0 aromatic heterocycles. The zero-order valence-corrected chi connectivity index (χ0v) is 11.8. The predicted molar refractivity (Wildman–Crippen MR) is 72.4 cm³/mol. The minimum atomic E-state index is -3.50. The first-order chi connectivity index (χ1) is 7.88. The molecule has 0 spiro atoms. The van der Waals surface area contributed by atoms with Crippen LogP contribution in [0.3, 0.4) is 0 Å². The van der Waals surface area contributed by atoms with Crippen molar-refractivity contribution in [3.05, 3.63) is 28.2 Å². The van der Waals surface area contributed by atoms with E-state index in [1.165, 1.54) is 0 Å². The average Bonchev–Trinajstić information content (AvgIpc) is 2.24. The quantitative estimate of drug-likeness (QED) is 0.877. The molecule has 0 aliphatic carbocycles. The van der Waals surface area contributed by atoms with Gasteiger partial charge in [0.1, 0.15) is 0 Å². The van der Waals surface area contributed by atoms with Crippen LogP contribution in [0.5, 0.6) is 0 Å². The Morgan fingerprint density at radius 2 is 1.82 bits per heavy atom. The average molecular weight is 297 g/mol. The summed E-state index contributed by atoms with van der Waals surface area (Å²) in [5.41, 5.74) is 0.221. The Morgan fingerprint density at radius 1 is 1.29 bits per heavy atom. The van der Waals surface area contributed by atoms with E-state index in [-0.39, 0.29) is 15.7 Å². The lowest BCUT2D eigenvalue weighted by atomic mass is 10.3. The molecule has 17 heavy (non-hydrogen) atoms. The molecule has 0 bridgehead atoms. The predicted octanol–water partition coefficient (Wildman–Crippen LogP) is 2.34. The highest BCUT2D eigenvalue weighted by Crippen LogP contribution is 2.31. The topological polar surface area (TPSA) is 58.2 Å². The molecule has 0 fully saturated rings. The fourth-order valence-electron chi connectivity index (χ4n) is 1.24. The lowest BCUT2D eigenvalue weighted by molar-refractivity contribution is 0.584. The van der Waals surface area contributed by atoms with Gasteiger partial charge >= 0.3 is 0 Å². The molecule has 0 amide bonds. The van der Waals surface area contributed by atoms with Gasteiger partial charge < -0.3 is 5.32 Å². The van der Waals surface area contributed by atoms with E-state index in [1.807, 2.05) is 0 Å². The third-order valence-corrected chi connectivity index (χ3v) is 4.57. The van der Waals surface area contributed by atoms with Crippen LogP contribution in [0.4, 0.5) is 5.69 Å². The lowest BCUT2D eigenvalue weighted by Gasteiger charge is -2.16. The normalized spacial score (nSPS) is 13.4. The van der Waals surface area contributed by atoms with Crippen LogP contribution < -0.4 is 10.0 Å². The second-order valence-corrected chi connectivity index (χ2v) is 6.53. The van der Waals surface area contributed by atoms with Crippen molar-refractivity contribution in [1.29, 1.82) is 0 Å². The van der Waals surface area contributed by atoms with Gasteiger partial charge in [-0.3, -0.25) is 4.72 Å². The van der Waals surface area contributed by atoms with Crippen LogP contribution in [0.2, 0.25) is 10.0 Å². The van der Waals surface area contributed by atoms with Gasteiger partial charge in [0.15, 0.2) is 0 Å². The third kappa shape index (κ3) is 3.74. The maximum absolute atomic E-state index is 11.9. The van der Waals surface area contributed by atoms with Crippen molar-refractivity contribution in [2.45, 2.75) is 12.2 Å². The summed E-state index contributed by atoms with van der Waals surface area (Å²) in [6.45, 7) is 1.95. The Morgan fingerprint density at radius 3 is 2.29 bits per heavy atom. The van der Waals surface area contributed by atoms with Gasteiger partial charge in [0.05, 0.1) is 21.0 Å². The van der Waals surface area contributed by atoms with Crippen LogP contribution in [-0.2, 0) is 10.0 Å². The maximum atomic E-state index is 11.9. The lowest BCUT2D eigenvalue weighted by Crippen LogP contribution is -2.33. The molecule has 0 aliphatic heterocycles. The molecule has 1 aromatic rings. The summed E-state index contributed by atoms with van der Waals surface area (Å²) in [5.74, 6) is 0. The fraction of sp³-hybridized carbons (Fsp3) is 0.400. The van der Waals surface area contributed by atoms with Gasteiger partial charge in [0.25, 0.3) is 0 Å². The van der Waals surface area contributed by atoms with Crippen LogP contribution in [-0.4, -0.2) is 27.3 Å². The van der Waals surface area contributed by atoms with E-state index in [0.717, 1.165) is 0 Å². The van der Waals surface area contributed by atoms with Crippen molar-refractivity contribution in [3.8, 4) is 0 Å².